The Kier molecular flexibility index (Phi) is 5.05. The summed E-state index contributed by atoms with van der Waals surface area (Å²) in [6, 6.07) is 7.89. The van der Waals surface area contributed by atoms with Gasteiger partial charge in [0.15, 0.2) is 0 Å². The number of benzene rings is 1. The van der Waals surface area contributed by atoms with E-state index in [1.54, 1.807) is 0 Å². The highest BCUT2D eigenvalue weighted by Crippen LogP contribution is 2.40. The van der Waals surface area contributed by atoms with Crippen molar-refractivity contribution in [2.24, 2.45) is 11.1 Å². The highest BCUT2D eigenvalue weighted by atomic mass is 16.5. The molecule has 26 heavy (non-hydrogen) atoms. The molecule has 0 spiro atoms. The van der Waals surface area contributed by atoms with Crippen molar-refractivity contribution in [3.8, 4) is 5.75 Å². The van der Waals surface area contributed by atoms with Crippen molar-refractivity contribution in [1.82, 2.24) is 5.32 Å². The van der Waals surface area contributed by atoms with E-state index in [9.17, 15) is 4.79 Å². The molecule has 3 N–H and O–H groups in total. The lowest BCUT2D eigenvalue weighted by Crippen LogP contribution is -2.36. The van der Waals surface area contributed by atoms with E-state index in [1.165, 1.54) is 0 Å². The maximum atomic E-state index is 12.1. The smallest absolute Gasteiger partial charge is 0.138 e. The minimum absolute atomic E-state index is 0.0599. The van der Waals surface area contributed by atoms with Crippen LogP contribution in [0.3, 0.4) is 0 Å². The highest BCUT2D eigenvalue weighted by molar-refractivity contribution is 5.82. The first-order valence-corrected chi connectivity index (χ1v) is 9.16. The number of ether oxygens (including phenoxy) is 1. The first-order chi connectivity index (χ1) is 12.4. The standard InChI is InChI=1S/C22H28N2O2/c1-21(2,3)20(23)10-13-26-17-7-4-6-16(14-17)22(15-25)11-5-8-19-18(22)9-12-24-19/h4-9,11,14-15,20,24H,10,12-13,23H2,1-3H3. The molecular weight excluding hydrogens is 324 g/mol. The molecule has 0 saturated carbocycles. The fourth-order valence-corrected chi connectivity index (χ4v) is 3.40. The maximum absolute atomic E-state index is 12.1. The van der Waals surface area contributed by atoms with Crippen molar-refractivity contribution in [1.29, 1.82) is 0 Å². The third-order valence-corrected chi connectivity index (χ3v) is 5.26. The molecule has 0 bridgehead atoms. The summed E-state index contributed by atoms with van der Waals surface area (Å²) in [5.74, 6) is 0.765. The van der Waals surface area contributed by atoms with E-state index in [0.717, 1.165) is 41.8 Å². The lowest BCUT2D eigenvalue weighted by atomic mass is 9.72. The molecule has 0 radical (unpaired) electrons. The number of rotatable bonds is 6. The molecule has 1 aromatic carbocycles. The number of allylic oxidation sites excluding steroid dienone is 4. The van der Waals surface area contributed by atoms with E-state index in [-0.39, 0.29) is 11.5 Å². The van der Waals surface area contributed by atoms with Crippen LogP contribution in [-0.4, -0.2) is 25.5 Å². The number of nitrogens with two attached hydrogens (primary N) is 1. The van der Waals surface area contributed by atoms with E-state index in [0.29, 0.717) is 6.61 Å². The van der Waals surface area contributed by atoms with Gasteiger partial charge in [-0.25, -0.2) is 0 Å². The number of nitrogens with one attached hydrogen (secondary N) is 1. The Labute approximate surface area is 155 Å². The lowest BCUT2D eigenvalue weighted by Gasteiger charge is -2.30. The van der Waals surface area contributed by atoms with Crippen molar-refractivity contribution < 1.29 is 9.53 Å². The molecule has 0 fully saturated rings. The maximum Gasteiger partial charge on any atom is 0.138 e. The number of aldehydes is 1. The molecule has 1 aliphatic heterocycles. The SMILES string of the molecule is CC(C)(C)C(N)CCOc1cccc(C2(C=O)C=CC=C3NCC=C32)c1. The van der Waals surface area contributed by atoms with Crippen LogP contribution in [-0.2, 0) is 10.2 Å². The predicted molar refractivity (Wildman–Crippen MR) is 105 cm³/mol. The summed E-state index contributed by atoms with van der Waals surface area (Å²) >= 11 is 0. The Hall–Kier alpha value is -2.33. The largest absolute Gasteiger partial charge is 0.494 e. The minimum Gasteiger partial charge on any atom is -0.494 e. The van der Waals surface area contributed by atoms with E-state index in [4.69, 9.17) is 10.5 Å². The Morgan fingerprint density at radius 2 is 2.19 bits per heavy atom. The van der Waals surface area contributed by atoms with Crippen LogP contribution in [0.2, 0.25) is 0 Å². The second kappa shape index (κ2) is 7.12. The van der Waals surface area contributed by atoms with Crippen molar-refractivity contribution in [2.45, 2.75) is 38.6 Å². The Bertz CT molecular complexity index is 771. The third-order valence-electron chi connectivity index (χ3n) is 5.26. The Morgan fingerprint density at radius 1 is 1.38 bits per heavy atom. The van der Waals surface area contributed by atoms with Crippen LogP contribution in [0.1, 0.15) is 32.8 Å². The molecule has 2 aliphatic rings. The van der Waals surface area contributed by atoms with Gasteiger partial charge in [0.25, 0.3) is 0 Å². The van der Waals surface area contributed by atoms with Crippen molar-refractivity contribution in [3.63, 3.8) is 0 Å². The second-order valence-corrected chi connectivity index (χ2v) is 8.06. The van der Waals surface area contributed by atoms with Gasteiger partial charge in [-0.1, -0.05) is 51.1 Å². The predicted octanol–water partition coefficient (Wildman–Crippen LogP) is 3.25. The number of hydrogen-bond acceptors (Lipinski definition) is 4. The fourth-order valence-electron chi connectivity index (χ4n) is 3.40. The van der Waals surface area contributed by atoms with Gasteiger partial charge in [-0.2, -0.15) is 0 Å². The van der Waals surface area contributed by atoms with Crippen LogP contribution in [0.15, 0.2) is 59.8 Å². The summed E-state index contributed by atoms with van der Waals surface area (Å²) in [5.41, 5.74) is 8.46. The van der Waals surface area contributed by atoms with E-state index in [1.807, 2.05) is 42.5 Å². The highest BCUT2D eigenvalue weighted by Gasteiger charge is 2.38. The fraction of sp³-hybridized carbons (Fsp3) is 0.409. The third kappa shape index (κ3) is 3.47. The molecule has 3 rings (SSSR count). The quantitative estimate of drug-likeness (QED) is 0.772. The average Bonchev–Trinajstić information content (AvgIpc) is 3.10. The number of carbonyl (C=O) groups is 1. The zero-order valence-electron chi connectivity index (χ0n) is 15.8. The van der Waals surface area contributed by atoms with Gasteiger partial charge in [-0.05, 0) is 41.2 Å². The lowest BCUT2D eigenvalue weighted by molar-refractivity contribution is -0.110. The zero-order chi connectivity index (χ0) is 18.8. The molecular formula is C22H28N2O2. The molecule has 0 saturated heterocycles. The van der Waals surface area contributed by atoms with Gasteiger partial charge in [-0.15, -0.1) is 0 Å². The number of hydrogen-bond donors (Lipinski definition) is 2. The summed E-state index contributed by atoms with van der Waals surface area (Å²) in [4.78, 5) is 12.1. The van der Waals surface area contributed by atoms with E-state index >= 15 is 0 Å². The van der Waals surface area contributed by atoms with Gasteiger partial charge < -0.3 is 20.6 Å². The van der Waals surface area contributed by atoms with Gasteiger partial charge in [0.2, 0.25) is 0 Å². The summed E-state index contributed by atoms with van der Waals surface area (Å²) in [6.45, 7) is 7.71. The van der Waals surface area contributed by atoms with Gasteiger partial charge >= 0.3 is 0 Å². The van der Waals surface area contributed by atoms with Crippen molar-refractivity contribution >= 4 is 6.29 Å². The summed E-state index contributed by atoms with van der Waals surface area (Å²) in [5, 5.41) is 3.31. The normalized spacial score (nSPS) is 22.8. The second-order valence-electron chi connectivity index (χ2n) is 8.06. The van der Waals surface area contributed by atoms with Crippen LogP contribution in [0.25, 0.3) is 0 Å². The summed E-state index contributed by atoms with van der Waals surface area (Å²) in [7, 11) is 0. The molecule has 1 aromatic rings. The average molecular weight is 352 g/mol. The number of fused-ring (bicyclic) bond motifs is 1. The van der Waals surface area contributed by atoms with Crippen LogP contribution in [0, 0.1) is 5.41 Å². The Balaban J connectivity index is 1.78. The van der Waals surface area contributed by atoms with Gasteiger partial charge in [0.1, 0.15) is 12.0 Å². The van der Waals surface area contributed by atoms with Crippen LogP contribution < -0.4 is 15.8 Å². The summed E-state index contributed by atoms with van der Waals surface area (Å²) in [6.07, 6.45) is 9.79. The Morgan fingerprint density at radius 3 is 2.92 bits per heavy atom. The summed E-state index contributed by atoms with van der Waals surface area (Å²) < 4.78 is 5.93. The molecule has 1 aliphatic carbocycles. The first-order valence-electron chi connectivity index (χ1n) is 9.16. The molecule has 0 amide bonds. The molecule has 4 nitrogen and oxygen atoms in total. The topological polar surface area (TPSA) is 64.3 Å². The van der Waals surface area contributed by atoms with Crippen molar-refractivity contribution in [3.05, 3.63) is 65.4 Å². The monoisotopic (exact) mass is 352 g/mol. The van der Waals surface area contributed by atoms with Gasteiger partial charge in [0, 0.05) is 18.3 Å². The molecule has 138 valence electrons. The van der Waals surface area contributed by atoms with Crippen LogP contribution in [0.5, 0.6) is 5.75 Å². The minimum atomic E-state index is -0.755. The first kappa shape index (κ1) is 18.5. The number of carbonyl (C=O) groups excluding carboxylic acids is 1. The molecule has 2 atom stereocenters. The van der Waals surface area contributed by atoms with E-state index in [2.05, 4.69) is 32.2 Å². The zero-order valence-corrected chi connectivity index (χ0v) is 15.8. The van der Waals surface area contributed by atoms with Gasteiger partial charge in [-0.3, -0.25) is 0 Å². The van der Waals surface area contributed by atoms with E-state index < -0.39 is 5.41 Å². The molecule has 0 aromatic heterocycles. The molecule has 2 unspecified atom stereocenters. The van der Waals surface area contributed by atoms with Crippen LogP contribution >= 0.6 is 0 Å². The van der Waals surface area contributed by atoms with Crippen LogP contribution in [0.4, 0.5) is 0 Å². The molecule has 4 heteroatoms. The van der Waals surface area contributed by atoms with Crippen molar-refractivity contribution in [2.75, 3.05) is 13.2 Å². The molecule has 1 heterocycles. The van der Waals surface area contributed by atoms with Gasteiger partial charge in [0.05, 0.1) is 12.0 Å².